The van der Waals surface area contributed by atoms with Crippen molar-refractivity contribution in [2.75, 3.05) is 26.7 Å². The van der Waals surface area contributed by atoms with Crippen LogP contribution in [0.2, 0.25) is 5.02 Å². The number of aryl methyl sites for hydroxylation is 1. The minimum Gasteiger partial charge on any atom is -0.365 e. The van der Waals surface area contributed by atoms with Crippen LogP contribution in [-0.4, -0.2) is 49.6 Å². The molecular weight excluding hydrogens is 280 g/mol. The molecule has 0 radical (unpaired) electrons. The second kappa shape index (κ2) is 6.24. The second-order valence-electron chi connectivity index (χ2n) is 4.66. The summed E-state index contributed by atoms with van der Waals surface area (Å²) in [5, 5.41) is 2.99. The number of ether oxygens (including phenoxy) is 1. The highest BCUT2D eigenvalue weighted by atomic mass is 35.5. The summed E-state index contributed by atoms with van der Waals surface area (Å²) in [5.41, 5.74) is 1.32. The molecule has 2 amide bonds. The Bertz CT molecular complexity index is 533. The smallest absolute Gasteiger partial charge is 0.255 e. The number of carbonyl (C=O) groups excluding carboxylic acids is 2. The fraction of sp³-hybridized carbons (Fsp3) is 0.429. The van der Waals surface area contributed by atoms with Gasteiger partial charge in [0.1, 0.15) is 0 Å². The topological polar surface area (TPSA) is 58.6 Å². The van der Waals surface area contributed by atoms with Crippen LogP contribution in [0.25, 0.3) is 0 Å². The number of nitrogens with one attached hydrogen (secondary N) is 1. The van der Waals surface area contributed by atoms with E-state index in [1.165, 1.54) is 0 Å². The molecule has 20 heavy (non-hydrogen) atoms. The SMILES string of the molecule is CNC(=O)[C@@H]1CN(C(=O)c2cccc(C)c2Cl)CCO1. The van der Waals surface area contributed by atoms with Gasteiger partial charge in [0.25, 0.3) is 11.8 Å². The molecule has 0 unspecified atom stereocenters. The molecule has 5 nitrogen and oxygen atoms in total. The van der Waals surface area contributed by atoms with Crippen molar-refractivity contribution in [3.63, 3.8) is 0 Å². The Balaban J connectivity index is 2.16. The van der Waals surface area contributed by atoms with Gasteiger partial charge < -0.3 is 15.0 Å². The predicted molar refractivity (Wildman–Crippen MR) is 75.9 cm³/mol. The zero-order valence-electron chi connectivity index (χ0n) is 11.5. The van der Waals surface area contributed by atoms with Gasteiger partial charge >= 0.3 is 0 Å². The minimum absolute atomic E-state index is 0.170. The zero-order chi connectivity index (χ0) is 14.7. The van der Waals surface area contributed by atoms with Gasteiger partial charge in [0.05, 0.1) is 23.7 Å². The number of hydrogen-bond donors (Lipinski definition) is 1. The van der Waals surface area contributed by atoms with Crippen molar-refractivity contribution in [2.24, 2.45) is 0 Å². The van der Waals surface area contributed by atoms with Crippen molar-refractivity contribution < 1.29 is 14.3 Å². The number of benzene rings is 1. The van der Waals surface area contributed by atoms with Crippen molar-refractivity contribution in [1.29, 1.82) is 0 Å². The molecule has 0 aliphatic carbocycles. The molecule has 1 aromatic carbocycles. The van der Waals surface area contributed by atoms with E-state index in [4.69, 9.17) is 16.3 Å². The average Bonchev–Trinajstić information content (AvgIpc) is 2.48. The highest BCUT2D eigenvalue weighted by Gasteiger charge is 2.29. The van der Waals surface area contributed by atoms with Crippen molar-refractivity contribution in [2.45, 2.75) is 13.0 Å². The second-order valence-corrected chi connectivity index (χ2v) is 5.04. The molecule has 0 aromatic heterocycles. The third kappa shape index (κ3) is 2.94. The molecule has 1 heterocycles. The van der Waals surface area contributed by atoms with E-state index in [0.717, 1.165) is 5.56 Å². The van der Waals surface area contributed by atoms with E-state index in [0.29, 0.717) is 23.7 Å². The summed E-state index contributed by atoms with van der Waals surface area (Å²) >= 11 is 6.18. The lowest BCUT2D eigenvalue weighted by Crippen LogP contribution is -2.51. The Morgan fingerprint density at radius 2 is 2.20 bits per heavy atom. The lowest BCUT2D eigenvalue weighted by atomic mass is 10.1. The lowest BCUT2D eigenvalue weighted by Gasteiger charge is -2.32. The number of likely N-dealkylation sites (N-methyl/N-ethyl adjacent to an activating group) is 1. The molecule has 1 atom stereocenters. The largest absolute Gasteiger partial charge is 0.365 e. The quantitative estimate of drug-likeness (QED) is 0.893. The van der Waals surface area contributed by atoms with E-state index in [-0.39, 0.29) is 18.4 Å². The first-order valence-corrected chi connectivity index (χ1v) is 6.80. The fourth-order valence-electron chi connectivity index (χ4n) is 2.14. The average molecular weight is 297 g/mol. The number of carbonyl (C=O) groups is 2. The van der Waals surface area contributed by atoms with Crippen LogP contribution >= 0.6 is 11.6 Å². The molecule has 0 saturated carbocycles. The standard InChI is InChI=1S/C14H17ClN2O3/c1-9-4-3-5-10(12(9)15)14(19)17-6-7-20-11(8-17)13(18)16-2/h3-5,11H,6-8H2,1-2H3,(H,16,18)/t11-/m0/s1. The maximum atomic E-state index is 12.5. The summed E-state index contributed by atoms with van der Waals surface area (Å²) in [6.07, 6.45) is -0.624. The molecule has 1 fully saturated rings. The first-order chi connectivity index (χ1) is 9.54. The summed E-state index contributed by atoms with van der Waals surface area (Å²) in [4.78, 5) is 25.7. The highest BCUT2D eigenvalue weighted by molar-refractivity contribution is 6.34. The van der Waals surface area contributed by atoms with Crippen LogP contribution in [0.4, 0.5) is 0 Å². The molecule has 1 aromatic rings. The molecule has 0 spiro atoms. The van der Waals surface area contributed by atoms with E-state index in [1.54, 1.807) is 24.1 Å². The maximum absolute atomic E-state index is 12.5. The normalized spacial score (nSPS) is 18.8. The summed E-state index contributed by atoms with van der Waals surface area (Å²) in [5.74, 6) is -0.395. The number of hydrogen-bond acceptors (Lipinski definition) is 3. The van der Waals surface area contributed by atoms with E-state index < -0.39 is 6.10 Å². The molecule has 2 rings (SSSR count). The number of morpholine rings is 1. The van der Waals surface area contributed by atoms with Crippen LogP contribution < -0.4 is 5.32 Å². The molecule has 1 N–H and O–H groups in total. The van der Waals surface area contributed by atoms with Gasteiger partial charge in [-0.05, 0) is 18.6 Å². The van der Waals surface area contributed by atoms with E-state index in [9.17, 15) is 9.59 Å². The number of amides is 2. The van der Waals surface area contributed by atoms with E-state index in [1.807, 2.05) is 13.0 Å². The number of rotatable bonds is 2. The molecule has 1 saturated heterocycles. The first kappa shape index (κ1) is 14.8. The number of nitrogens with zero attached hydrogens (tertiary/aromatic N) is 1. The Morgan fingerprint density at radius 3 is 2.90 bits per heavy atom. The van der Waals surface area contributed by atoms with Gasteiger partial charge in [-0.25, -0.2) is 0 Å². The van der Waals surface area contributed by atoms with Crippen LogP contribution in [0.15, 0.2) is 18.2 Å². The van der Waals surface area contributed by atoms with Crippen LogP contribution in [-0.2, 0) is 9.53 Å². The number of halogens is 1. The van der Waals surface area contributed by atoms with Crippen molar-refractivity contribution in [3.8, 4) is 0 Å². The van der Waals surface area contributed by atoms with Crippen LogP contribution in [0.5, 0.6) is 0 Å². The van der Waals surface area contributed by atoms with E-state index in [2.05, 4.69) is 5.32 Å². The molecule has 6 heteroatoms. The molecule has 108 valence electrons. The van der Waals surface area contributed by atoms with Gasteiger partial charge in [-0.1, -0.05) is 23.7 Å². The fourth-order valence-corrected chi connectivity index (χ4v) is 2.34. The summed E-state index contributed by atoms with van der Waals surface area (Å²) < 4.78 is 5.36. The molecule has 1 aliphatic heterocycles. The van der Waals surface area contributed by atoms with Gasteiger partial charge in [0.2, 0.25) is 0 Å². The Hall–Kier alpha value is -1.59. The summed E-state index contributed by atoms with van der Waals surface area (Å²) in [7, 11) is 1.55. The predicted octanol–water partition coefficient (Wildman–Crippen LogP) is 1.24. The maximum Gasteiger partial charge on any atom is 0.255 e. The van der Waals surface area contributed by atoms with Gasteiger partial charge in [-0.3, -0.25) is 9.59 Å². The van der Waals surface area contributed by atoms with Crippen molar-refractivity contribution in [1.82, 2.24) is 10.2 Å². The van der Waals surface area contributed by atoms with E-state index >= 15 is 0 Å². The van der Waals surface area contributed by atoms with Crippen LogP contribution in [0.1, 0.15) is 15.9 Å². The summed E-state index contributed by atoms with van der Waals surface area (Å²) in [6, 6.07) is 5.35. The van der Waals surface area contributed by atoms with Gasteiger partial charge in [-0.15, -0.1) is 0 Å². The highest BCUT2D eigenvalue weighted by Crippen LogP contribution is 2.22. The summed E-state index contributed by atoms with van der Waals surface area (Å²) in [6.45, 7) is 2.89. The van der Waals surface area contributed by atoms with Gasteiger partial charge in [-0.2, -0.15) is 0 Å². The van der Waals surface area contributed by atoms with Gasteiger partial charge in [0, 0.05) is 13.6 Å². The Kier molecular flexibility index (Phi) is 4.62. The van der Waals surface area contributed by atoms with Crippen LogP contribution in [0.3, 0.4) is 0 Å². The molecule has 1 aliphatic rings. The lowest BCUT2D eigenvalue weighted by molar-refractivity contribution is -0.136. The third-order valence-corrected chi connectivity index (χ3v) is 3.82. The van der Waals surface area contributed by atoms with Gasteiger partial charge in [0.15, 0.2) is 6.10 Å². The first-order valence-electron chi connectivity index (χ1n) is 6.42. The Morgan fingerprint density at radius 1 is 1.45 bits per heavy atom. The Labute approximate surface area is 122 Å². The van der Waals surface area contributed by atoms with Crippen LogP contribution in [0, 0.1) is 6.92 Å². The third-order valence-electron chi connectivity index (χ3n) is 3.31. The van der Waals surface area contributed by atoms with Crippen molar-refractivity contribution in [3.05, 3.63) is 34.3 Å². The minimum atomic E-state index is -0.624. The molecule has 0 bridgehead atoms. The zero-order valence-corrected chi connectivity index (χ0v) is 12.2. The molecular formula is C14H17ClN2O3. The van der Waals surface area contributed by atoms with Crippen molar-refractivity contribution >= 4 is 23.4 Å². The monoisotopic (exact) mass is 296 g/mol.